The molecule has 1 atom stereocenters. The normalized spacial score (nSPS) is 12.6. The fourth-order valence-electron chi connectivity index (χ4n) is 7.17. The molecule has 0 radical (unpaired) electrons. The van der Waals surface area contributed by atoms with Crippen molar-refractivity contribution in [2.45, 2.75) is 258 Å². The van der Waals surface area contributed by atoms with E-state index >= 15 is 0 Å². The van der Waals surface area contributed by atoms with Gasteiger partial charge in [-0.05, 0) is 89.9 Å². The second-order valence-corrected chi connectivity index (χ2v) is 17.4. The monoisotopic (exact) mass is 879 g/mol. The highest BCUT2D eigenvalue weighted by Gasteiger charge is 2.19. The van der Waals surface area contributed by atoms with E-state index in [2.05, 4.69) is 93.7 Å². The molecule has 0 aliphatic heterocycles. The van der Waals surface area contributed by atoms with Crippen LogP contribution in [0, 0.1) is 0 Å². The van der Waals surface area contributed by atoms with Crippen LogP contribution in [0.5, 0.6) is 0 Å². The van der Waals surface area contributed by atoms with Crippen LogP contribution in [-0.4, -0.2) is 37.2 Å². The number of hydrogen-bond donors (Lipinski definition) is 0. The van der Waals surface area contributed by atoms with E-state index in [1.807, 2.05) is 0 Å². The van der Waals surface area contributed by atoms with Crippen molar-refractivity contribution in [3.63, 3.8) is 0 Å². The minimum atomic E-state index is -0.802. The Morgan fingerprint density at radius 2 is 0.587 bits per heavy atom. The van der Waals surface area contributed by atoms with Crippen molar-refractivity contribution in [1.82, 2.24) is 0 Å². The molecule has 0 saturated carbocycles. The summed E-state index contributed by atoms with van der Waals surface area (Å²) in [5.41, 5.74) is 0. The molecule has 0 aromatic carbocycles. The maximum absolute atomic E-state index is 12.8. The summed E-state index contributed by atoms with van der Waals surface area (Å²) >= 11 is 0. The highest BCUT2D eigenvalue weighted by molar-refractivity contribution is 5.71. The van der Waals surface area contributed by atoms with Crippen LogP contribution in [0.1, 0.15) is 252 Å². The Hall–Kier alpha value is -3.15. The van der Waals surface area contributed by atoms with Gasteiger partial charge in [0.2, 0.25) is 0 Å². The molecule has 6 heteroatoms. The quantitative estimate of drug-likeness (QED) is 0.0262. The Kier molecular flexibility index (Phi) is 48.9. The topological polar surface area (TPSA) is 78.9 Å². The molecule has 0 aromatic heterocycles. The summed E-state index contributed by atoms with van der Waals surface area (Å²) in [7, 11) is 0. The van der Waals surface area contributed by atoms with Gasteiger partial charge in [-0.2, -0.15) is 0 Å². The summed E-state index contributed by atoms with van der Waals surface area (Å²) in [6.45, 7) is 6.53. The summed E-state index contributed by atoms with van der Waals surface area (Å²) in [5.74, 6) is -0.966. The molecule has 0 heterocycles. The van der Waals surface area contributed by atoms with E-state index in [0.717, 1.165) is 89.9 Å². The van der Waals surface area contributed by atoms with E-state index in [4.69, 9.17) is 14.2 Å². The van der Waals surface area contributed by atoms with Crippen molar-refractivity contribution in [3.05, 3.63) is 72.9 Å². The summed E-state index contributed by atoms with van der Waals surface area (Å²) in [5, 5.41) is 0. The Balaban J connectivity index is 4.49. The average Bonchev–Trinajstić information content (AvgIpc) is 3.28. The minimum absolute atomic E-state index is 0.0965. The van der Waals surface area contributed by atoms with Crippen molar-refractivity contribution in [1.29, 1.82) is 0 Å². The first kappa shape index (κ1) is 59.9. The lowest BCUT2D eigenvalue weighted by Gasteiger charge is -2.18. The number of allylic oxidation sites excluding steroid dienone is 12. The zero-order chi connectivity index (χ0) is 45.8. The molecule has 0 N–H and O–H groups in total. The predicted octanol–water partition coefficient (Wildman–Crippen LogP) is 17.4. The standard InChI is InChI=1S/C57H98O6/c1-4-7-10-13-16-19-22-25-27-28-30-32-35-38-41-44-47-50-56(59)62-53-54(52-61-55(58)49-46-43-40-37-34-31-24-21-18-15-12-9-6-3)63-57(60)51-48-45-42-39-36-33-29-26-23-20-17-14-11-8-5-2/h16-17,19-20,25-27,29-30,32,38,41,54H,4-15,18,21-24,28,31,33-37,39-40,42-53H2,1-3H3/b19-16-,20-17-,27-25-,29-26-,32-30-,41-38-/t54-/m0/s1. The lowest BCUT2D eigenvalue weighted by molar-refractivity contribution is -0.167. The molecular weight excluding hydrogens is 781 g/mol. The van der Waals surface area contributed by atoms with Crippen molar-refractivity contribution < 1.29 is 28.6 Å². The van der Waals surface area contributed by atoms with E-state index in [1.165, 1.54) is 116 Å². The summed E-state index contributed by atoms with van der Waals surface area (Å²) in [6.07, 6.45) is 64.5. The highest BCUT2D eigenvalue weighted by Crippen LogP contribution is 2.14. The zero-order valence-electron chi connectivity index (χ0n) is 41.3. The molecule has 0 bridgehead atoms. The zero-order valence-corrected chi connectivity index (χ0v) is 41.3. The highest BCUT2D eigenvalue weighted by atomic mass is 16.6. The van der Waals surface area contributed by atoms with Crippen LogP contribution < -0.4 is 0 Å². The first-order valence-corrected chi connectivity index (χ1v) is 26.4. The van der Waals surface area contributed by atoms with Gasteiger partial charge in [-0.15, -0.1) is 0 Å². The molecule has 0 spiro atoms. The first-order valence-electron chi connectivity index (χ1n) is 26.4. The van der Waals surface area contributed by atoms with Crippen molar-refractivity contribution in [2.75, 3.05) is 13.2 Å². The van der Waals surface area contributed by atoms with Gasteiger partial charge in [0.15, 0.2) is 6.10 Å². The second-order valence-electron chi connectivity index (χ2n) is 17.4. The van der Waals surface area contributed by atoms with Crippen LogP contribution in [-0.2, 0) is 28.6 Å². The van der Waals surface area contributed by atoms with Crippen molar-refractivity contribution >= 4 is 17.9 Å². The van der Waals surface area contributed by atoms with Crippen LogP contribution in [0.25, 0.3) is 0 Å². The molecule has 0 rings (SSSR count). The van der Waals surface area contributed by atoms with Crippen LogP contribution in [0.3, 0.4) is 0 Å². The maximum Gasteiger partial charge on any atom is 0.306 e. The van der Waals surface area contributed by atoms with Crippen molar-refractivity contribution in [2.24, 2.45) is 0 Å². The molecule has 6 nitrogen and oxygen atoms in total. The van der Waals surface area contributed by atoms with Gasteiger partial charge in [-0.3, -0.25) is 14.4 Å². The molecule has 362 valence electrons. The number of carbonyl (C=O) groups is 3. The molecular formula is C57H98O6. The summed E-state index contributed by atoms with van der Waals surface area (Å²) < 4.78 is 16.8. The average molecular weight is 879 g/mol. The lowest BCUT2D eigenvalue weighted by atomic mass is 10.0. The number of rotatable bonds is 47. The van der Waals surface area contributed by atoms with Gasteiger partial charge >= 0.3 is 17.9 Å². The van der Waals surface area contributed by atoms with Crippen LogP contribution in [0.15, 0.2) is 72.9 Å². The van der Waals surface area contributed by atoms with E-state index < -0.39 is 6.10 Å². The van der Waals surface area contributed by atoms with Gasteiger partial charge in [-0.25, -0.2) is 0 Å². The minimum Gasteiger partial charge on any atom is -0.462 e. The molecule has 0 aliphatic carbocycles. The summed E-state index contributed by atoms with van der Waals surface area (Å²) in [4.78, 5) is 38.0. The molecule has 63 heavy (non-hydrogen) atoms. The van der Waals surface area contributed by atoms with Crippen LogP contribution in [0.4, 0.5) is 0 Å². The molecule has 0 amide bonds. The van der Waals surface area contributed by atoms with Crippen molar-refractivity contribution in [3.8, 4) is 0 Å². The smallest absolute Gasteiger partial charge is 0.306 e. The first-order chi connectivity index (χ1) is 31.0. The Bertz CT molecular complexity index is 1190. The summed E-state index contributed by atoms with van der Waals surface area (Å²) in [6, 6.07) is 0. The molecule has 0 fully saturated rings. The van der Waals surface area contributed by atoms with Gasteiger partial charge in [0.05, 0.1) is 0 Å². The third-order valence-corrected chi connectivity index (χ3v) is 11.2. The van der Waals surface area contributed by atoms with Gasteiger partial charge in [0.1, 0.15) is 13.2 Å². The number of ether oxygens (including phenoxy) is 3. The molecule has 0 aliphatic rings. The van der Waals surface area contributed by atoms with Crippen LogP contribution >= 0.6 is 0 Å². The van der Waals surface area contributed by atoms with E-state index in [-0.39, 0.29) is 37.5 Å². The number of esters is 3. The Morgan fingerprint density at radius 3 is 0.984 bits per heavy atom. The number of hydrogen-bond acceptors (Lipinski definition) is 6. The van der Waals surface area contributed by atoms with E-state index in [9.17, 15) is 14.4 Å². The van der Waals surface area contributed by atoms with Gasteiger partial charge in [0.25, 0.3) is 0 Å². The predicted molar refractivity (Wildman–Crippen MR) is 270 cm³/mol. The van der Waals surface area contributed by atoms with E-state index in [1.54, 1.807) is 0 Å². The SMILES string of the molecule is CCCCC/C=C\C/C=C\C/C=C\C/C=C\CCCC(=O)OC[C@H](COC(=O)CCCCCCCCCCCCCCC)OC(=O)CCCCCCC/C=C\C/C=C\CCCCC. The fraction of sp³-hybridized carbons (Fsp3) is 0.737. The largest absolute Gasteiger partial charge is 0.462 e. The molecule has 0 unspecified atom stereocenters. The number of unbranched alkanes of at least 4 members (excludes halogenated alkanes) is 24. The second kappa shape index (κ2) is 51.5. The third kappa shape index (κ3) is 49.7. The molecule has 0 aromatic rings. The Morgan fingerprint density at radius 1 is 0.317 bits per heavy atom. The maximum atomic E-state index is 12.8. The van der Waals surface area contributed by atoms with Gasteiger partial charge in [-0.1, -0.05) is 216 Å². The van der Waals surface area contributed by atoms with Crippen LogP contribution in [0.2, 0.25) is 0 Å². The number of carbonyl (C=O) groups excluding carboxylic acids is 3. The Labute approximate surface area is 389 Å². The lowest BCUT2D eigenvalue weighted by Crippen LogP contribution is -2.30. The molecule has 0 saturated heterocycles. The third-order valence-electron chi connectivity index (χ3n) is 11.2. The van der Waals surface area contributed by atoms with Gasteiger partial charge < -0.3 is 14.2 Å². The fourth-order valence-corrected chi connectivity index (χ4v) is 7.17. The van der Waals surface area contributed by atoms with Gasteiger partial charge in [0, 0.05) is 19.3 Å². The van der Waals surface area contributed by atoms with E-state index in [0.29, 0.717) is 19.3 Å².